The summed E-state index contributed by atoms with van der Waals surface area (Å²) in [7, 11) is 1.71. The van der Waals surface area contributed by atoms with Crippen molar-refractivity contribution in [3.8, 4) is 17.0 Å². The van der Waals surface area contributed by atoms with Gasteiger partial charge in [-0.2, -0.15) is 0 Å². The van der Waals surface area contributed by atoms with Crippen molar-refractivity contribution in [2.24, 2.45) is 0 Å². The first kappa shape index (κ1) is 20.9. The van der Waals surface area contributed by atoms with Crippen molar-refractivity contribution in [3.63, 3.8) is 0 Å². The molecular formula is C27H29N3O. The molecule has 0 aliphatic rings. The highest BCUT2D eigenvalue weighted by Gasteiger charge is 2.18. The number of anilines is 1. The van der Waals surface area contributed by atoms with E-state index in [-0.39, 0.29) is 0 Å². The molecule has 0 aliphatic heterocycles. The van der Waals surface area contributed by atoms with Gasteiger partial charge in [0.15, 0.2) is 5.82 Å². The average molecular weight is 412 g/mol. The standard InChI is InChI=1S/C27H29N3O/c1-6-30(17-21-11-7-10-14-24(21)31-5)27-23-13-9-8-12-22(23)26(28-29-27)25-19(3)15-18(2)16-20(25)4/h7-16H,6,17H2,1-5H3. The van der Waals surface area contributed by atoms with Crippen LogP contribution in [0.25, 0.3) is 22.0 Å². The van der Waals surface area contributed by atoms with Crippen molar-refractivity contribution in [1.29, 1.82) is 0 Å². The molecule has 3 aromatic carbocycles. The number of nitrogens with zero attached hydrogens (tertiary/aromatic N) is 3. The molecule has 1 heterocycles. The fraction of sp³-hybridized carbons (Fsp3) is 0.259. The number of aryl methyl sites for hydroxylation is 3. The Balaban J connectivity index is 1.85. The van der Waals surface area contributed by atoms with Crippen molar-refractivity contribution in [3.05, 3.63) is 82.9 Å². The van der Waals surface area contributed by atoms with Gasteiger partial charge in [-0.3, -0.25) is 0 Å². The van der Waals surface area contributed by atoms with Gasteiger partial charge in [-0.1, -0.05) is 60.2 Å². The number of methoxy groups -OCH3 is 1. The zero-order valence-electron chi connectivity index (χ0n) is 18.9. The van der Waals surface area contributed by atoms with E-state index in [1.807, 2.05) is 18.2 Å². The lowest BCUT2D eigenvalue weighted by atomic mass is 9.94. The van der Waals surface area contributed by atoms with Crippen molar-refractivity contribution in [1.82, 2.24) is 10.2 Å². The Morgan fingerprint density at radius 2 is 1.48 bits per heavy atom. The number of benzene rings is 3. The van der Waals surface area contributed by atoms with Gasteiger partial charge in [0.25, 0.3) is 0 Å². The zero-order chi connectivity index (χ0) is 22.0. The first-order valence-corrected chi connectivity index (χ1v) is 10.7. The number of hydrogen-bond donors (Lipinski definition) is 0. The van der Waals surface area contributed by atoms with E-state index in [0.717, 1.165) is 40.1 Å². The van der Waals surface area contributed by atoms with E-state index in [2.05, 4.69) is 75.1 Å². The topological polar surface area (TPSA) is 38.2 Å². The highest BCUT2D eigenvalue weighted by atomic mass is 16.5. The number of ether oxygens (including phenoxy) is 1. The molecule has 0 atom stereocenters. The second-order valence-corrected chi connectivity index (χ2v) is 8.02. The van der Waals surface area contributed by atoms with E-state index in [0.29, 0.717) is 6.54 Å². The molecule has 0 aliphatic carbocycles. The quantitative estimate of drug-likeness (QED) is 0.375. The van der Waals surface area contributed by atoms with Gasteiger partial charge in [0, 0.05) is 35.0 Å². The molecule has 0 bridgehead atoms. The van der Waals surface area contributed by atoms with Crippen molar-refractivity contribution in [2.45, 2.75) is 34.2 Å². The minimum absolute atomic E-state index is 0.709. The highest BCUT2D eigenvalue weighted by molar-refractivity contribution is 6.01. The molecule has 4 aromatic rings. The maximum atomic E-state index is 5.56. The van der Waals surface area contributed by atoms with Gasteiger partial charge < -0.3 is 9.64 Å². The largest absolute Gasteiger partial charge is 0.496 e. The first-order valence-electron chi connectivity index (χ1n) is 10.7. The Morgan fingerprint density at radius 1 is 0.839 bits per heavy atom. The summed E-state index contributed by atoms with van der Waals surface area (Å²) in [4.78, 5) is 2.26. The average Bonchev–Trinajstić information content (AvgIpc) is 2.77. The maximum absolute atomic E-state index is 5.56. The fourth-order valence-electron chi connectivity index (χ4n) is 4.44. The second kappa shape index (κ2) is 8.76. The monoisotopic (exact) mass is 411 g/mol. The Bertz CT molecular complexity index is 1210. The molecule has 0 N–H and O–H groups in total. The van der Waals surface area contributed by atoms with E-state index < -0.39 is 0 Å². The van der Waals surface area contributed by atoms with Crippen LogP contribution in [0.3, 0.4) is 0 Å². The molecule has 31 heavy (non-hydrogen) atoms. The van der Waals surface area contributed by atoms with Crippen molar-refractivity contribution >= 4 is 16.6 Å². The van der Waals surface area contributed by atoms with E-state index in [9.17, 15) is 0 Å². The second-order valence-electron chi connectivity index (χ2n) is 8.02. The molecule has 4 rings (SSSR count). The number of fused-ring (bicyclic) bond motifs is 1. The van der Waals surface area contributed by atoms with Crippen molar-refractivity contribution < 1.29 is 4.74 Å². The Labute approximate surface area is 184 Å². The van der Waals surface area contributed by atoms with Gasteiger partial charge in [0.1, 0.15) is 11.4 Å². The van der Waals surface area contributed by atoms with Crippen molar-refractivity contribution in [2.75, 3.05) is 18.6 Å². The van der Waals surface area contributed by atoms with Crippen LogP contribution in [0.1, 0.15) is 29.2 Å². The normalized spacial score (nSPS) is 11.0. The molecular weight excluding hydrogens is 382 g/mol. The zero-order valence-corrected chi connectivity index (χ0v) is 18.9. The predicted octanol–water partition coefficient (Wildman–Crippen LogP) is 6.26. The predicted molar refractivity (Wildman–Crippen MR) is 129 cm³/mol. The van der Waals surface area contributed by atoms with Gasteiger partial charge >= 0.3 is 0 Å². The molecule has 4 nitrogen and oxygen atoms in total. The highest BCUT2D eigenvalue weighted by Crippen LogP contribution is 2.35. The minimum atomic E-state index is 0.709. The van der Waals surface area contributed by atoms with Crippen LogP contribution in [-0.2, 0) is 6.54 Å². The van der Waals surface area contributed by atoms with Gasteiger partial charge in [-0.25, -0.2) is 0 Å². The summed E-state index contributed by atoms with van der Waals surface area (Å²) < 4.78 is 5.56. The lowest BCUT2D eigenvalue weighted by Crippen LogP contribution is -2.24. The van der Waals surface area contributed by atoms with Crippen LogP contribution in [0.4, 0.5) is 5.82 Å². The van der Waals surface area contributed by atoms with Gasteiger partial charge in [-0.15, -0.1) is 10.2 Å². The van der Waals surface area contributed by atoms with E-state index in [1.54, 1.807) is 7.11 Å². The summed E-state index contributed by atoms with van der Waals surface area (Å²) in [5.74, 6) is 1.79. The molecule has 0 saturated heterocycles. The molecule has 0 fully saturated rings. The maximum Gasteiger partial charge on any atom is 0.159 e. The van der Waals surface area contributed by atoms with E-state index in [1.165, 1.54) is 22.3 Å². The minimum Gasteiger partial charge on any atom is -0.496 e. The summed E-state index contributed by atoms with van der Waals surface area (Å²) in [6.45, 7) is 10.1. The van der Waals surface area contributed by atoms with Gasteiger partial charge in [0.2, 0.25) is 0 Å². The lowest BCUT2D eigenvalue weighted by molar-refractivity contribution is 0.409. The van der Waals surface area contributed by atoms with Crippen LogP contribution < -0.4 is 9.64 Å². The molecule has 158 valence electrons. The summed E-state index contributed by atoms with van der Waals surface area (Å²) >= 11 is 0. The van der Waals surface area contributed by atoms with E-state index >= 15 is 0 Å². The molecule has 0 spiro atoms. The molecule has 1 aromatic heterocycles. The van der Waals surface area contributed by atoms with Gasteiger partial charge in [-0.05, 0) is 44.9 Å². The SMILES string of the molecule is CCN(Cc1ccccc1OC)c1nnc(-c2c(C)cc(C)cc2C)c2ccccc12. The lowest BCUT2D eigenvalue weighted by Gasteiger charge is -2.24. The number of rotatable bonds is 6. The molecule has 0 amide bonds. The van der Waals surface area contributed by atoms with Crippen LogP contribution in [0.2, 0.25) is 0 Å². The number of para-hydroxylation sites is 1. The smallest absolute Gasteiger partial charge is 0.159 e. The summed E-state index contributed by atoms with van der Waals surface area (Å²) in [5.41, 5.74) is 6.97. The molecule has 0 saturated carbocycles. The Kier molecular flexibility index (Phi) is 5.90. The van der Waals surface area contributed by atoms with Crippen LogP contribution in [0, 0.1) is 20.8 Å². The van der Waals surface area contributed by atoms with Crippen LogP contribution >= 0.6 is 0 Å². The third-order valence-corrected chi connectivity index (χ3v) is 5.82. The Hall–Kier alpha value is -3.40. The third kappa shape index (κ3) is 3.98. The summed E-state index contributed by atoms with van der Waals surface area (Å²) in [6, 6.07) is 21.0. The first-order chi connectivity index (χ1) is 15.0. The third-order valence-electron chi connectivity index (χ3n) is 5.82. The molecule has 4 heteroatoms. The molecule has 0 unspecified atom stereocenters. The van der Waals surface area contributed by atoms with Crippen LogP contribution in [0.5, 0.6) is 5.75 Å². The Morgan fingerprint density at radius 3 is 2.16 bits per heavy atom. The van der Waals surface area contributed by atoms with E-state index in [4.69, 9.17) is 14.9 Å². The molecule has 0 radical (unpaired) electrons. The summed E-state index contributed by atoms with van der Waals surface area (Å²) in [5, 5.41) is 11.7. The number of aromatic nitrogens is 2. The number of hydrogen-bond acceptors (Lipinski definition) is 4. The van der Waals surface area contributed by atoms with Crippen LogP contribution in [-0.4, -0.2) is 23.9 Å². The van der Waals surface area contributed by atoms with Gasteiger partial charge in [0.05, 0.1) is 7.11 Å². The fourth-order valence-corrected chi connectivity index (χ4v) is 4.44. The van der Waals surface area contributed by atoms with Crippen LogP contribution in [0.15, 0.2) is 60.7 Å². The summed E-state index contributed by atoms with van der Waals surface area (Å²) in [6.07, 6.45) is 0.